The van der Waals surface area contributed by atoms with Gasteiger partial charge in [0.05, 0.1) is 6.07 Å². The molecule has 0 saturated carbocycles. The van der Waals surface area contributed by atoms with Crippen LogP contribution >= 0.6 is 0 Å². The van der Waals surface area contributed by atoms with Gasteiger partial charge in [0.2, 0.25) is 0 Å². The van der Waals surface area contributed by atoms with Gasteiger partial charge in [-0.15, -0.1) is 0 Å². The molecule has 1 rings (SSSR count). The summed E-state index contributed by atoms with van der Waals surface area (Å²) in [5.41, 5.74) is 0. The summed E-state index contributed by atoms with van der Waals surface area (Å²) in [5.74, 6) is 0.315. The van der Waals surface area contributed by atoms with Gasteiger partial charge in [0.25, 0.3) is 0 Å². The van der Waals surface area contributed by atoms with Crippen LogP contribution < -0.4 is 0 Å². The summed E-state index contributed by atoms with van der Waals surface area (Å²) in [4.78, 5) is 4.95. The third-order valence-corrected chi connectivity index (χ3v) is 3.40. The molecule has 3 nitrogen and oxygen atoms in total. The SMILES string of the molecule is CCN(CC)CCN1CCC(C#N)CC1. The van der Waals surface area contributed by atoms with Crippen LogP contribution in [0.1, 0.15) is 26.7 Å². The molecule has 0 spiro atoms. The highest BCUT2D eigenvalue weighted by atomic mass is 15.2. The standard InChI is InChI=1S/C12H23N3/c1-3-14(4-2)9-10-15-7-5-12(11-13)6-8-15/h12H,3-10H2,1-2H3. The minimum atomic E-state index is 0.315. The van der Waals surface area contributed by atoms with Gasteiger partial charge < -0.3 is 9.80 Å². The lowest BCUT2D eigenvalue weighted by molar-refractivity contribution is 0.174. The van der Waals surface area contributed by atoms with Gasteiger partial charge in [-0.25, -0.2) is 0 Å². The van der Waals surface area contributed by atoms with Gasteiger partial charge in [0, 0.05) is 19.0 Å². The molecule has 1 heterocycles. The molecular formula is C12H23N3. The van der Waals surface area contributed by atoms with Crippen LogP contribution in [0.25, 0.3) is 0 Å². The third-order valence-electron chi connectivity index (χ3n) is 3.40. The molecule has 0 aromatic heterocycles. The van der Waals surface area contributed by atoms with Crippen molar-refractivity contribution in [3.8, 4) is 6.07 Å². The fraction of sp³-hybridized carbons (Fsp3) is 0.917. The maximum atomic E-state index is 8.79. The molecule has 86 valence electrons. The Hall–Kier alpha value is -0.590. The predicted octanol–water partition coefficient (Wildman–Crippen LogP) is 1.56. The van der Waals surface area contributed by atoms with E-state index in [1.165, 1.54) is 13.1 Å². The average Bonchev–Trinajstić information content (AvgIpc) is 2.31. The van der Waals surface area contributed by atoms with Gasteiger partial charge in [0.1, 0.15) is 0 Å². The Kier molecular flexibility index (Phi) is 5.67. The number of piperidine rings is 1. The number of likely N-dealkylation sites (N-methyl/N-ethyl adjacent to an activating group) is 1. The van der Waals surface area contributed by atoms with E-state index in [1.54, 1.807) is 0 Å². The van der Waals surface area contributed by atoms with E-state index in [4.69, 9.17) is 5.26 Å². The maximum Gasteiger partial charge on any atom is 0.0656 e. The van der Waals surface area contributed by atoms with E-state index in [1.807, 2.05) is 0 Å². The monoisotopic (exact) mass is 209 g/mol. The van der Waals surface area contributed by atoms with Crippen LogP contribution in [0.4, 0.5) is 0 Å². The van der Waals surface area contributed by atoms with Crippen molar-refractivity contribution >= 4 is 0 Å². The fourth-order valence-electron chi connectivity index (χ4n) is 2.11. The van der Waals surface area contributed by atoms with Gasteiger partial charge in [-0.3, -0.25) is 0 Å². The summed E-state index contributed by atoms with van der Waals surface area (Å²) >= 11 is 0. The Morgan fingerprint density at radius 1 is 1.27 bits per heavy atom. The Morgan fingerprint density at radius 3 is 2.33 bits per heavy atom. The first-order chi connectivity index (χ1) is 7.30. The molecule has 1 saturated heterocycles. The molecule has 1 aliphatic heterocycles. The van der Waals surface area contributed by atoms with Crippen molar-refractivity contribution in [1.29, 1.82) is 5.26 Å². The lowest BCUT2D eigenvalue weighted by atomic mass is 9.99. The maximum absolute atomic E-state index is 8.79. The van der Waals surface area contributed by atoms with E-state index in [0.29, 0.717) is 5.92 Å². The zero-order valence-electron chi connectivity index (χ0n) is 10.1. The molecule has 0 bridgehead atoms. The second-order valence-corrected chi connectivity index (χ2v) is 4.27. The van der Waals surface area contributed by atoms with E-state index in [9.17, 15) is 0 Å². The van der Waals surface area contributed by atoms with Crippen molar-refractivity contribution in [2.75, 3.05) is 39.3 Å². The molecule has 0 radical (unpaired) electrons. The van der Waals surface area contributed by atoms with Gasteiger partial charge in [-0.05, 0) is 39.0 Å². The van der Waals surface area contributed by atoms with Crippen LogP contribution in [0.2, 0.25) is 0 Å². The number of rotatable bonds is 5. The lowest BCUT2D eigenvalue weighted by Gasteiger charge is -2.30. The minimum absolute atomic E-state index is 0.315. The Bertz CT molecular complexity index is 197. The molecule has 1 fully saturated rings. The van der Waals surface area contributed by atoms with Crippen LogP contribution in [0.3, 0.4) is 0 Å². The fourth-order valence-corrected chi connectivity index (χ4v) is 2.11. The molecule has 1 aliphatic rings. The molecule has 0 amide bonds. The summed E-state index contributed by atoms with van der Waals surface area (Å²) in [7, 11) is 0. The van der Waals surface area contributed by atoms with Crippen molar-refractivity contribution in [3.63, 3.8) is 0 Å². The van der Waals surface area contributed by atoms with Gasteiger partial charge in [-0.1, -0.05) is 13.8 Å². The molecule has 0 unspecified atom stereocenters. The smallest absolute Gasteiger partial charge is 0.0656 e. The predicted molar refractivity (Wildman–Crippen MR) is 62.6 cm³/mol. The summed E-state index contributed by atoms with van der Waals surface area (Å²) in [5, 5.41) is 8.79. The van der Waals surface area contributed by atoms with Crippen LogP contribution in [-0.2, 0) is 0 Å². The van der Waals surface area contributed by atoms with Gasteiger partial charge >= 0.3 is 0 Å². The first-order valence-corrected chi connectivity index (χ1v) is 6.14. The highest BCUT2D eigenvalue weighted by molar-refractivity contribution is 4.87. The number of likely N-dealkylation sites (tertiary alicyclic amines) is 1. The largest absolute Gasteiger partial charge is 0.303 e. The lowest BCUT2D eigenvalue weighted by Crippen LogP contribution is -2.39. The molecule has 0 atom stereocenters. The van der Waals surface area contributed by atoms with Crippen molar-refractivity contribution in [2.45, 2.75) is 26.7 Å². The number of nitriles is 1. The van der Waals surface area contributed by atoms with Gasteiger partial charge in [-0.2, -0.15) is 5.26 Å². The number of hydrogen-bond donors (Lipinski definition) is 0. The van der Waals surface area contributed by atoms with E-state index >= 15 is 0 Å². The minimum Gasteiger partial charge on any atom is -0.303 e. The Balaban J connectivity index is 2.16. The van der Waals surface area contributed by atoms with E-state index in [-0.39, 0.29) is 0 Å². The number of nitrogens with zero attached hydrogens (tertiary/aromatic N) is 3. The second-order valence-electron chi connectivity index (χ2n) is 4.27. The third kappa shape index (κ3) is 4.19. The molecular weight excluding hydrogens is 186 g/mol. The topological polar surface area (TPSA) is 30.3 Å². The number of hydrogen-bond acceptors (Lipinski definition) is 3. The summed E-state index contributed by atoms with van der Waals surface area (Å²) < 4.78 is 0. The van der Waals surface area contributed by atoms with Crippen molar-refractivity contribution in [3.05, 3.63) is 0 Å². The first kappa shape index (κ1) is 12.5. The highest BCUT2D eigenvalue weighted by Gasteiger charge is 2.18. The summed E-state index contributed by atoms with van der Waals surface area (Å²) in [6.07, 6.45) is 2.13. The quantitative estimate of drug-likeness (QED) is 0.688. The molecule has 3 heteroatoms. The van der Waals surface area contributed by atoms with Gasteiger partial charge in [0.15, 0.2) is 0 Å². The van der Waals surface area contributed by atoms with E-state index in [0.717, 1.165) is 39.0 Å². The Labute approximate surface area is 93.7 Å². The van der Waals surface area contributed by atoms with Crippen molar-refractivity contribution in [2.24, 2.45) is 5.92 Å². The summed E-state index contributed by atoms with van der Waals surface area (Å²) in [6.45, 7) is 11.3. The highest BCUT2D eigenvalue weighted by Crippen LogP contribution is 2.15. The normalized spacial score (nSPS) is 19.3. The van der Waals surface area contributed by atoms with Crippen molar-refractivity contribution in [1.82, 2.24) is 9.80 Å². The molecule has 0 N–H and O–H groups in total. The van der Waals surface area contributed by atoms with E-state index in [2.05, 4.69) is 29.7 Å². The Morgan fingerprint density at radius 2 is 1.87 bits per heavy atom. The van der Waals surface area contributed by atoms with Crippen LogP contribution in [-0.4, -0.2) is 49.1 Å². The average molecular weight is 209 g/mol. The zero-order valence-corrected chi connectivity index (χ0v) is 10.1. The molecule has 0 aliphatic carbocycles. The molecule has 15 heavy (non-hydrogen) atoms. The molecule has 0 aromatic carbocycles. The molecule has 0 aromatic rings. The zero-order chi connectivity index (χ0) is 11.1. The summed E-state index contributed by atoms with van der Waals surface area (Å²) in [6, 6.07) is 2.37. The van der Waals surface area contributed by atoms with Crippen molar-refractivity contribution < 1.29 is 0 Å². The van der Waals surface area contributed by atoms with Crippen LogP contribution in [0.5, 0.6) is 0 Å². The second kappa shape index (κ2) is 6.81. The van der Waals surface area contributed by atoms with E-state index < -0.39 is 0 Å². The van der Waals surface area contributed by atoms with Crippen LogP contribution in [0, 0.1) is 17.2 Å². The van der Waals surface area contributed by atoms with Crippen LogP contribution in [0.15, 0.2) is 0 Å². The first-order valence-electron chi connectivity index (χ1n) is 6.14.